The van der Waals surface area contributed by atoms with Gasteiger partial charge in [0, 0.05) is 24.2 Å². The van der Waals surface area contributed by atoms with Crippen molar-refractivity contribution in [1.29, 1.82) is 0 Å². The van der Waals surface area contributed by atoms with Gasteiger partial charge in [-0.2, -0.15) is 0 Å². The zero-order valence-corrected chi connectivity index (χ0v) is 18.2. The molecular formula is C26H34N2O. The molecule has 1 unspecified atom stereocenters. The summed E-state index contributed by atoms with van der Waals surface area (Å²) in [6.45, 7) is 14.1. The molecule has 0 N–H and O–H groups in total. The lowest BCUT2D eigenvalue weighted by atomic mass is 9.77. The van der Waals surface area contributed by atoms with Crippen LogP contribution in [-0.2, 0) is 4.74 Å². The van der Waals surface area contributed by atoms with Crippen molar-refractivity contribution in [2.45, 2.75) is 25.3 Å². The van der Waals surface area contributed by atoms with E-state index in [1.807, 2.05) is 36.5 Å². The monoisotopic (exact) mass is 390 g/mol. The number of likely N-dealkylation sites (N-methyl/N-ethyl adjacent to an activating group) is 1. The van der Waals surface area contributed by atoms with E-state index in [-0.39, 0.29) is 5.54 Å². The van der Waals surface area contributed by atoms with Crippen LogP contribution >= 0.6 is 0 Å². The maximum atomic E-state index is 5.38. The first kappa shape index (κ1) is 22.7. The molecule has 3 heteroatoms. The second-order valence-corrected chi connectivity index (χ2v) is 7.45. The number of hydrogen-bond acceptors (Lipinski definition) is 3. The average molecular weight is 391 g/mol. The first-order valence-electron chi connectivity index (χ1n) is 10.3. The van der Waals surface area contributed by atoms with E-state index in [0.717, 1.165) is 50.3 Å². The highest BCUT2D eigenvalue weighted by Gasteiger charge is 2.35. The summed E-state index contributed by atoms with van der Waals surface area (Å²) in [6, 6.07) is 0. The van der Waals surface area contributed by atoms with Gasteiger partial charge in [-0.3, -0.25) is 4.90 Å². The summed E-state index contributed by atoms with van der Waals surface area (Å²) in [7, 11) is 4.24. The molecule has 29 heavy (non-hydrogen) atoms. The first-order valence-corrected chi connectivity index (χ1v) is 10.3. The van der Waals surface area contributed by atoms with Crippen LogP contribution in [-0.4, -0.2) is 55.7 Å². The fraction of sp³-hybridized carbons (Fsp3) is 0.385. The summed E-state index contributed by atoms with van der Waals surface area (Å²) < 4.78 is 5.38. The Morgan fingerprint density at radius 1 is 1.34 bits per heavy atom. The lowest BCUT2D eigenvalue weighted by Crippen LogP contribution is -2.45. The number of hydrogen-bond donors (Lipinski definition) is 0. The summed E-state index contributed by atoms with van der Waals surface area (Å²) in [5.41, 5.74) is 9.53. The molecule has 1 saturated heterocycles. The minimum absolute atomic E-state index is 0.216. The molecule has 1 atom stereocenters. The molecule has 0 saturated carbocycles. The van der Waals surface area contributed by atoms with Crippen molar-refractivity contribution in [1.82, 2.24) is 9.80 Å². The Labute approximate surface area is 176 Å². The Bertz CT molecular complexity index is 806. The van der Waals surface area contributed by atoms with Gasteiger partial charge in [0.25, 0.3) is 0 Å². The standard InChI is InChI=1S/C26H34N2O/c1-6-25(16-12-13-17-28-18-20-29-21-19-28)23(3)26(7-2,27(4)5)22-24-14-10-8-9-11-15-24/h6,8,10-15,17H,1,3,7,18-22H2,2,4-5H3/b17-13+. The number of morpholine rings is 1. The van der Waals surface area contributed by atoms with Gasteiger partial charge in [-0.15, -0.1) is 11.5 Å². The normalized spacial score (nSPS) is 18.2. The smallest absolute Gasteiger partial charge is 0.0642 e. The maximum Gasteiger partial charge on any atom is 0.0642 e. The Balaban J connectivity index is 2.26. The lowest BCUT2D eigenvalue weighted by molar-refractivity contribution is 0.0594. The quantitative estimate of drug-likeness (QED) is 0.409. The largest absolute Gasteiger partial charge is 0.378 e. The molecule has 0 aromatic rings. The molecule has 0 aromatic carbocycles. The minimum atomic E-state index is -0.216. The third kappa shape index (κ3) is 6.22. The number of ether oxygens (including phenoxy) is 1. The minimum Gasteiger partial charge on any atom is -0.378 e. The van der Waals surface area contributed by atoms with E-state index >= 15 is 0 Å². The molecule has 2 rings (SSSR count). The van der Waals surface area contributed by atoms with Crippen LogP contribution in [0.1, 0.15) is 19.8 Å². The van der Waals surface area contributed by atoms with Gasteiger partial charge in [0.05, 0.1) is 13.2 Å². The summed E-state index contributed by atoms with van der Waals surface area (Å²) in [6.07, 6.45) is 19.9. The Hall–Kier alpha value is -2.54. The highest BCUT2D eigenvalue weighted by Crippen LogP contribution is 2.37. The second kappa shape index (κ2) is 11.5. The van der Waals surface area contributed by atoms with Crippen LogP contribution < -0.4 is 0 Å². The predicted molar refractivity (Wildman–Crippen MR) is 124 cm³/mol. The van der Waals surface area contributed by atoms with E-state index in [2.05, 4.69) is 73.8 Å². The van der Waals surface area contributed by atoms with E-state index in [4.69, 9.17) is 4.74 Å². The Morgan fingerprint density at radius 3 is 2.76 bits per heavy atom. The van der Waals surface area contributed by atoms with E-state index in [0.29, 0.717) is 0 Å². The van der Waals surface area contributed by atoms with Gasteiger partial charge >= 0.3 is 0 Å². The predicted octanol–water partition coefficient (Wildman–Crippen LogP) is 4.96. The highest BCUT2D eigenvalue weighted by molar-refractivity contribution is 5.46. The highest BCUT2D eigenvalue weighted by atomic mass is 16.5. The average Bonchev–Trinajstić information content (AvgIpc) is 3.01. The molecule has 1 fully saturated rings. The third-order valence-electron chi connectivity index (χ3n) is 5.60. The van der Waals surface area contributed by atoms with Gasteiger partial charge in [0.1, 0.15) is 0 Å². The molecule has 0 amide bonds. The zero-order valence-electron chi connectivity index (χ0n) is 18.2. The zero-order chi connectivity index (χ0) is 21.1. The maximum absolute atomic E-state index is 5.38. The van der Waals surface area contributed by atoms with Crippen LogP contribution in [0.2, 0.25) is 0 Å². The van der Waals surface area contributed by atoms with Crippen molar-refractivity contribution >= 4 is 0 Å². The third-order valence-corrected chi connectivity index (χ3v) is 5.60. The van der Waals surface area contributed by atoms with E-state index in [1.54, 1.807) is 0 Å². The topological polar surface area (TPSA) is 15.7 Å². The fourth-order valence-electron chi connectivity index (χ4n) is 3.69. The SMILES string of the molecule is C=CC(=C=C/C=C/N1CCOCC1)C(=C)C(CC)(CC1=CC=C=CC=C1)N(C)C. The van der Waals surface area contributed by atoms with Crippen molar-refractivity contribution in [3.05, 3.63) is 96.1 Å². The van der Waals surface area contributed by atoms with Gasteiger partial charge in [-0.05, 0) is 68.6 Å². The second-order valence-electron chi connectivity index (χ2n) is 7.45. The molecule has 1 heterocycles. The van der Waals surface area contributed by atoms with Crippen molar-refractivity contribution in [3.63, 3.8) is 0 Å². The first-order chi connectivity index (χ1) is 14.0. The van der Waals surface area contributed by atoms with Crippen molar-refractivity contribution in [2.24, 2.45) is 0 Å². The Kier molecular flexibility index (Phi) is 8.99. The molecular weight excluding hydrogens is 356 g/mol. The molecule has 0 bridgehead atoms. The molecule has 1 aliphatic carbocycles. The van der Waals surface area contributed by atoms with Gasteiger partial charge < -0.3 is 9.64 Å². The molecule has 3 nitrogen and oxygen atoms in total. The molecule has 0 spiro atoms. The van der Waals surface area contributed by atoms with Gasteiger partial charge in [-0.1, -0.05) is 44.4 Å². The van der Waals surface area contributed by atoms with Gasteiger partial charge in [0.2, 0.25) is 0 Å². The molecule has 0 aromatic heterocycles. The number of rotatable bonds is 9. The van der Waals surface area contributed by atoms with Crippen LogP contribution in [0.5, 0.6) is 0 Å². The summed E-state index contributed by atoms with van der Waals surface area (Å²) >= 11 is 0. The fourth-order valence-corrected chi connectivity index (χ4v) is 3.69. The van der Waals surface area contributed by atoms with Crippen LogP contribution in [0.3, 0.4) is 0 Å². The molecule has 1 aliphatic heterocycles. The molecule has 154 valence electrons. The summed E-state index contributed by atoms with van der Waals surface area (Å²) in [4.78, 5) is 4.52. The van der Waals surface area contributed by atoms with E-state index < -0.39 is 0 Å². The van der Waals surface area contributed by atoms with Crippen LogP contribution in [0.25, 0.3) is 0 Å². The molecule has 0 radical (unpaired) electrons. The molecule has 2 aliphatic rings. The Morgan fingerprint density at radius 2 is 2.10 bits per heavy atom. The van der Waals surface area contributed by atoms with Gasteiger partial charge in [-0.25, -0.2) is 0 Å². The van der Waals surface area contributed by atoms with Gasteiger partial charge in [0.15, 0.2) is 0 Å². The lowest BCUT2D eigenvalue weighted by Gasteiger charge is -2.42. The van der Waals surface area contributed by atoms with Crippen LogP contribution in [0, 0.1) is 0 Å². The number of allylic oxidation sites excluding steroid dienone is 6. The van der Waals surface area contributed by atoms with Crippen molar-refractivity contribution in [3.8, 4) is 0 Å². The summed E-state index contributed by atoms with van der Waals surface area (Å²) in [5, 5.41) is 0. The van der Waals surface area contributed by atoms with Crippen molar-refractivity contribution < 1.29 is 4.74 Å². The van der Waals surface area contributed by atoms with E-state index in [1.165, 1.54) is 5.57 Å². The van der Waals surface area contributed by atoms with Crippen LogP contribution in [0.15, 0.2) is 96.1 Å². The van der Waals surface area contributed by atoms with Crippen LogP contribution in [0.4, 0.5) is 0 Å². The summed E-state index contributed by atoms with van der Waals surface area (Å²) in [5.74, 6) is 0. The van der Waals surface area contributed by atoms with Crippen molar-refractivity contribution in [2.75, 3.05) is 40.4 Å². The van der Waals surface area contributed by atoms with E-state index in [9.17, 15) is 0 Å². The number of nitrogens with zero attached hydrogens (tertiary/aromatic N) is 2.